The van der Waals surface area contributed by atoms with Crippen molar-refractivity contribution in [2.75, 3.05) is 0 Å². The second-order valence-corrected chi connectivity index (χ2v) is 6.93. The second kappa shape index (κ2) is 6.47. The van der Waals surface area contributed by atoms with E-state index in [2.05, 4.69) is 9.97 Å². The number of benzene rings is 2. The number of nitrogens with zero attached hydrogens (tertiary/aromatic N) is 2. The van der Waals surface area contributed by atoms with E-state index in [1.165, 1.54) is 23.9 Å². The molecule has 4 aromatic rings. The Morgan fingerprint density at radius 2 is 2.08 bits per heavy atom. The molecule has 7 nitrogen and oxygen atoms in total. The highest BCUT2D eigenvalue weighted by molar-refractivity contribution is 7.98. The average molecular weight is 388 g/mol. The largest absolute Gasteiger partial charge is 0.423 e. The highest BCUT2D eigenvalue weighted by Crippen LogP contribution is 2.26. The number of H-pyrrole nitrogens is 1. The molecule has 26 heavy (non-hydrogen) atoms. The summed E-state index contributed by atoms with van der Waals surface area (Å²) in [6.45, 7) is 0. The fourth-order valence-electron chi connectivity index (χ4n) is 2.54. The van der Waals surface area contributed by atoms with Crippen molar-refractivity contribution in [3.05, 3.63) is 73.6 Å². The fraction of sp³-hybridized carbons (Fsp3) is 0.0588. The Morgan fingerprint density at radius 3 is 2.88 bits per heavy atom. The molecule has 0 unspecified atom stereocenters. The van der Waals surface area contributed by atoms with Crippen molar-refractivity contribution in [2.45, 2.75) is 10.9 Å². The van der Waals surface area contributed by atoms with Crippen LogP contribution >= 0.6 is 23.4 Å². The first-order valence-corrected chi connectivity index (χ1v) is 8.85. The first-order valence-electron chi connectivity index (χ1n) is 7.49. The van der Waals surface area contributed by atoms with Gasteiger partial charge >= 0.3 is 5.63 Å². The van der Waals surface area contributed by atoms with Gasteiger partial charge in [-0.3, -0.25) is 10.1 Å². The first kappa shape index (κ1) is 16.6. The van der Waals surface area contributed by atoms with Gasteiger partial charge in [-0.05, 0) is 30.3 Å². The van der Waals surface area contributed by atoms with Crippen molar-refractivity contribution in [3.8, 4) is 0 Å². The standard InChI is InChI=1S/C17H10ClN3O4S/c18-11-1-4-15-9(6-11)5-10(16(22)25-15)8-26-17-19-13-3-2-12(21(23)24)7-14(13)20-17/h1-7H,8H2,(H,19,20). The summed E-state index contributed by atoms with van der Waals surface area (Å²) in [4.78, 5) is 29.9. The van der Waals surface area contributed by atoms with Crippen molar-refractivity contribution < 1.29 is 9.34 Å². The van der Waals surface area contributed by atoms with E-state index in [0.29, 0.717) is 38.1 Å². The number of nitrogens with one attached hydrogen (secondary N) is 1. The van der Waals surface area contributed by atoms with Gasteiger partial charge in [-0.1, -0.05) is 23.4 Å². The molecule has 0 atom stereocenters. The third-order valence-corrected chi connectivity index (χ3v) is 4.94. The Kier molecular flexibility index (Phi) is 4.14. The van der Waals surface area contributed by atoms with Crippen molar-refractivity contribution >= 4 is 51.1 Å². The van der Waals surface area contributed by atoms with Crippen LogP contribution in [0.25, 0.3) is 22.0 Å². The number of hydrogen-bond acceptors (Lipinski definition) is 6. The van der Waals surface area contributed by atoms with E-state index >= 15 is 0 Å². The number of nitro groups is 1. The molecule has 0 spiro atoms. The lowest BCUT2D eigenvalue weighted by molar-refractivity contribution is -0.384. The van der Waals surface area contributed by atoms with Gasteiger partial charge in [-0.2, -0.15) is 0 Å². The van der Waals surface area contributed by atoms with E-state index in [-0.39, 0.29) is 5.69 Å². The third kappa shape index (κ3) is 3.16. The molecular formula is C17H10ClN3O4S. The fourth-order valence-corrected chi connectivity index (χ4v) is 3.56. The van der Waals surface area contributed by atoms with Crippen LogP contribution in [0.3, 0.4) is 0 Å². The lowest BCUT2D eigenvalue weighted by atomic mass is 10.2. The lowest BCUT2D eigenvalue weighted by Crippen LogP contribution is -2.05. The number of rotatable bonds is 4. The van der Waals surface area contributed by atoms with Gasteiger partial charge in [0.25, 0.3) is 5.69 Å². The molecule has 1 N–H and O–H groups in total. The summed E-state index contributed by atoms with van der Waals surface area (Å²) in [5.41, 5.74) is 1.72. The van der Waals surface area contributed by atoms with Gasteiger partial charge in [0.2, 0.25) is 0 Å². The summed E-state index contributed by atoms with van der Waals surface area (Å²) in [5.74, 6) is 0.340. The molecule has 0 bridgehead atoms. The van der Waals surface area contributed by atoms with Crippen LogP contribution in [0.15, 0.2) is 56.8 Å². The smallest absolute Gasteiger partial charge is 0.340 e. The van der Waals surface area contributed by atoms with E-state index in [9.17, 15) is 14.9 Å². The quantitative estimate of drug-likeness (QED) is 0.239. The van der Waals surface area contributed by atoms with Crippen LogP contribution in [0.4, 0.5) is 5.69 Å². The molecule has 0 aliphatic rings. The highest BCUT2D eigenvalue weighted by Gasteiger charge is 2.12. The van der Waals surface area contributed by atoms with Crippen LogP contribution in [-0.4, -0.2) is 14.9 Å². The number of aromatic nitrogens is 2. The molecular weight excluding hydrogens is 378 g/mol. The first-order chi connectivity index (χ1) is 12.5. The van der Waals surface area contributed by atoms with Gasteiger partial charge in [-0.25, -0.2) is 9.78 Å². The number of non-ortho nitro benzene ring substituents is 1. The van der Waals surface area contributed by atoms with Gasteiger partial charge in [0.1, 0.15) is 5.58 Å². The average Bonchev–Trinajstić information content (AvgIpc) is 3.02. The van der Waals surface area contributed by atoms with Gasteiger partial charge in [0, 0.05) is 33.9 Å². The predicted molar refractivity (Wildman–Crippen MR) is 99.8 cm³/mol. The van der Waals surface area contributed by atoms with E-state index in [1.807, 2.05) is 0 Å². The van der Waals surface area contributed by atoms with Gasteiger partial charge in [-0.15, -0.1) is 0 Å². The van der Waals surface area contributed by atoms with Gasteiger partial charge in [0.05, 0.1) is 16.0 Å². The molecule has 0 aliphatic carbocycles. The maximum absolute atomic E-state index is 12.1. The SMILES string of the molecule is O=c1oc2ccc(Cl)cc2cc1CSc1nc2ccc([N+](=O)[O-])cc2[nH]1. The van der Waals surface area contributed by atoms with Crippen molar-refractivity contribution in [3.63, 3.8) is 0 Å². The maximum Gasteiger partial charge on any atom is 0.340 e. The van der Waals surface area contributed by atoms with Crippen LogP contribution in [0.1, 0.15) is 5.56 Å². The van der Waals surface area contributed by atoms with Gasteiger partial charge in [0.15, 0.2) is 5.16 Å². The molecule has 2 aromatic carbocycles. The summed E-state index contributed by atoms with van der Waals surface area (Å²) in [5, 5.41) is 12.7. The summed E-state index contributed by atoms with van der Waals surface area (Å²) in [6, 6.07) is 11.2. The van der Waals surface area contributed by atoms with Gasteiger partial charge < -0.3 is 9.40 Å². The Labute approximate surface area is 155 Å². The summed E-state index contributed by atoms with van der Waals surface area (Å²) >= 11 is 7.29. The highest BCUT2D eigenvalue weighted by atomic mass is 35.5. The molecule has 0 fully saturated rings. The molecule has 2 heterocycles. The zero-order valence-electron chi connectivity index (χ0n) is 13.1. The van der Waals surface area contributed by atoms with E-state index in [1.54, 1.807) is 30.3 Å². The van der Waals surface area contributed by atoms with Crippen LogP contribution in [0, 0.1) is 10.1 Å². The molecule has 2 aromatic heterocycles. The van der Waals surface area contributed by atoms with Crippen LogP contribution in [-0.2, 0) is 5.75 Å². The number of thioether (sulfide) groups is 1. The molecule has 0 aliphatic heterocycles. The zero-order chi connectivity index (χ0) is 18.3. The Bertz CT molecular complexity index is 1220. The summed E-state index contributed by atoms with van der Waals surface area (Å²) in [6.07, 6.45) is 0. The van der Waals surface area contributed by atoms with Crippen molar-refractivity contribution in [1.29, 1.82) is 0 Å². The van der Waals surface area contributed by atoms with E-state index in [4.69, 9.17) is 16.0 Å². The number of nitro benzene ring substituents is 1. The minimum Gasteiger partial charge on any atom is -0.423 e. The van der Waals surface area contributed by atoms with E-state index in [0.717, 1.165) is 5.39 Å². The minimum atomic E-state index is -0.460. The Morgan fingerprint density at radius 1 is 1.23 bits per heavy atom. The molecule has 4 rings (SSSR count). The molecule has 130 valence electrons. The normalized spacial score (nSPS) is 11.3. The molecule has 0 amide bonds. The monoisotopic (exact) mass is 387 g/mol. The third-order valence-electron chi connectivity index (χ3n) is 3.79. The van der Waals surface area contributed by atoms with E-state index < -0.39 is 10.5 Å². The number of halogens is 1. The number of fused-ring (bicyclic) bond motifs is 2. The van der Waals surface area contributed by atoms with Crippen LogP contribution in [0.5, 0.6) is 0 Å². The van der Waals surface area contributed by atoms with Crippen molar-refractivity contribution in [2.24, 2.45) is 0 Å². The predicted octanol–water partition coefficient (Wildman–Crippen LogP) is 4.52. The van der Waals surface area contributed by atoms with Crippen molar-refractivity contribution in [1.82, 2.24) is 9.97 Å². The zero-order valence-corrected chi connectivity index (χ0v) is 14.6. The molecule has 9 heteroatoms. The number of hydrogen-bond donors (Lipinski definition) is 1. The Hall–Kier alpha value is -2.84. The molecule has 0 saturated carbocycles. The number of imidazole rings is 1. The number of aromatic amines is 1. The lowest BCUT2D eigenvalue weighted by Gasteiger charge is -2.01. The summed E-state index contributed by atoms with van der Waals surface area (Å²) in [7, 11) is 0. The second-order valence-electron chi connectivity index (χ2n) is 5.53. The summed E-state index contributed by atoms with van der Waals surface area (Å²) < 4.78 is 5.30. The molecule has 0 saturated heterocycles. The van der Waals surface area contributed by atoms with Crippen LogP contribution < -0.4 is 5.63 Å². The topological polar surface area (TPSA) is 102 Å². The molecule has 0 radical (unpaired) electrons. The van der Waals surface area contributed by atoms with Crippen LogP contribution in [0.2, 0.25) is 5.02 Å². The maximum atomic E-state index is 12.1. The minimum absolute atomic E-state index is 0.00949. The Balaban J connectivity index is 1.61.